The van der Waals surface area contributed by atoms with Gasteiger partial charge in [0, 0.05) is 0 Å². The molecule has 0 unspecified atom stereocenters. The Labute approximate surface area is 53.1 Å². The molecule has 0 radical (unpaired) electrons. The highest BCUT2D eigenvalue weighted by atomic mass is 13.7. The molecule has 0 aliphatic rings. The van der Waals surface area contributed by atoms with Crippen LogP contribution in [-0.2, 0) is 0 Å². The van der Waals surface area contributed by atoms with Crippen molar-refractivity contribution in [2.24, 2.45) is 0 Å². The van der Waals surface area contributed by atoms with Gasteiger partial charge in [-0.3, -0.25) is 0 Å². The van der Waals surface area contributed by atoms with E-state index in [-0.39, 0.29) is 0 Å². The molecule has 0 aliphatic heterocycles. The van der Waals surface area contributed by atoms with Crippen molar-refractivity contribution in [2.45, 2.75) is 32.8 Å². The molecule has 8 heavy (non-hydrogen) atoms. The Bertz CT molecular complexity index is 55.4. The third-order valence-corrected chi connectivity index (χ3v) is 1.65. The fourth-order valence-electron chi connectivity index (χ4n) is 0.858. The number of hydrogen-bond acceptors (Lipinski definition) is 0. The molecule has 0 fully saturated rings. The topological polar surface area (TPSA) is 0 Å². The van der Waals surface area contributed by atoms with Crippen LogP contribution in [0.25, 0.3) is 0 Å². The second-order valence-electron chi connectivity index (χ2n) is 2.21. The maximum absolute atomic E-state index is 3.70. The van der Waals surface area contributed by atoms with Crippen LogP contribution < -0.4 is 0 Å². The molecule has 0 bridgehead atoms. The van der Waals surface area contributed by atoms with Crippen molar-refractivity contribution in [3.8, 4) is 0 Å². The second-order valence-corrected chi connectivity index (χ2v) is 2.21. The summed E-state index contributed by atoms with van der Waals surface area (Å²) in [6, 6.07) is 0. The Balaban J connectivity index is 3.20. The van der Waals surface area contributed by atoms with Crippen LogP contribution >= 0.6 is 0 Å². The summed E-state index contributed by atoms with van der Waals surface area (Å²) in [4.78, 5) is 0. The Hall–Kier alpha value is -0.195. The summed E-state index contributed by atoms with van der Waals surface area (Å²) >= 11 is 0. The predicted octanol–water partition coefficient (Wildman–Crippen LogP) is 2.71. The lowest BCUT2D eigenvalue weighted by molar-refractivity contribution is 1.28. The van der Waals surface area contributed by atoms with Crippen LogP contribution in [-0.4, -0.2) is 6.71 Å². The van der Waals surface area contributed by atoms with Crippen LogP contribution in [0, 0.1) is 0 Å². The van der Waals surface area contributed by atoms with E-state index in [0.29, 0.717) is 0 Å². The lowest BCUT2D eigenvalue weighted by Crippen LogP contribution is -2.05. The summed E-state index contributed by atoms with van der Waals surface area (Å²) in [5.74, 6) is 0. The minimum absolute atomic E-state index is 0.882. The van der Waals surface area contributed by atoms with Crippen molar-refractivity contribution in [2.75, 3.05) is 0 Å². The van der Waals surface area contributed by atoms with Crippen molar-refractivity contribution < 1.29 is 0 Å². The molecule has 0 heterocycles. The van der Waals surface area contributed by atoms with Crippen molar-refractivity contribution in [3.63, 3.8) is 0 Å². The summed E-state index contributed by atoms with van der Waals surface area (Å²) in [6.07, 6.45) is 5.79. The fraction of sp³-hybridized carbons (Fsp3) is 0.714. The van der Waals surface area contributed by atoms with Gasteiger partial charge in [0.1, 0.15) is 6.71 Å². The molecular formula is C7H15B. The summed E-state index contributed by atoms with van der Waals surface area (Å²) in [5.41, 5.74) is 0. The van der Waals surface area contributed by atoms with Crippen LogP contribution in [0.4, 0.5) is 0 Å². The third kappa shape index (κ3) is 2.89. The molecular weight excluding hydrogens is 94.9 g/mol. The Morgan fingerprint density at radius 2 is 1.88 bits per heavy atom. The van der Waals surface area contributed by atoms with Gasteiger partial charge in [-0.15, -0.1) is 6.58 Å². The maximum Gasteiger partial charge on any atom is 0.143 e. The van der Waals surface area contributed by atoms with Crippen LogP contribution in [0.15, 0.2) is 12.7 Å². The lowest BCUT2D eigenvalue weighted by Gasteiger charge is -2.01. The number of allylic oxidation sites excluding steroid dienone is 1. The van der Waals surface area contributed by atoms with Crippen molar-refractivity contribution in [1.82, 2.24) is 0 Å². The second kappa shape index (κ2) is 4.95. The number of hydrogen-bond donors (Lipinski definition) is 0. The lowest BCUT2D eigenvalue weighted by atomic mass is 9.44. The molecule has 0 aromatic heterocycles. The average molecular weight is 110 g/mol. The normalized spacial score (nSPS) is 8.75. The van der Waals surface area contributed by atoms with Crippen LogP contribution in [0.5, 0.6) is 0 Å². The van der Waals surface area contributed by atoms with Crippen molar-refractivity contribution in [1.29, 1.82) is 0 Å². The standard InChI is InChI=1S/C7H15B/c1-4-7-8(5-2)6-3/h4H,1,5-7H2,2-3H3. The molecule has 0 nitrogen and oxygen atoms in total. The molecule has 0 aromatic carbocycles. The minimum atomic E-state index is 0.882. The molecule has 0 atom stereocenters. The van der Waals surface area contributed by atoms with Crippen LogP contribution in [0.3, 0.4) is 0 Å². The molecule has 0 N–H and O–H groups in total. The van der Waals surface area contributed by atoms with E-state index in [0.717, 1.165) is 6.71 Å². The Morgan fingerprint density at radius 1 is 1.38 bits per heavy atom. The smallest absolute Gasteiger partial charge is 0.104 e. The maximum atomic E-state index is 3.70. The predicted molar refractivity (Wildman–Crippen MR) is 41.7 cm³/mol. The SMILES string of the molecule is C=CCB(CC)CC. The monoisotopic (exact) mass is 110 g/mol. The van der Waals surface area contributed by atoms with Gasteiger partial charge in [-0.25, -0.2) is 0 Å². The van der Waals surface area contributed by atoms with Gasteiger partial charge in [-0.2, -0.15) is 0 Å². The van der Waals surface area contributed by atoms with E-state index >= 15 is 0 Å². The molecule has 0 aliphatic carbocycles. The summed E-state index contributed by atoms with van der Waals surface area (Å²) in [7, 11) is 0. The van der Waals surface area contributed by atoms with E-state index in [1.165, 1.54) is 19.0 Å². The van der Waals surface area contributed by atoms with Gasteiger partial charge in [-0.05, 0) is 0 Å². The summed E-state index contributed by atoms with van der Waals surface area (Å²) in [6.45, 7) is 9.05. The van der Waals surface area contributed by atoms with Crippen LogP contribution in [0.1, 0.15) is 13.8 Å². The molecule has 0 saturated heterocycles. The molecule has 46 valence electrons. The highest BCUT2D eigenvalue weighted by Gasteiger charge is 2.03. The van der Waals surface area contributed by atoms with Gasteiger partial charge >= 0.3 is 0 Å². The molecule has 0 spiro atoms. The van der Waals surface area contributed by atoms with Crippen molar-refractivity contribution in [3.05, 3.63) is 12.7 Å². The summed E-state index contributed by atoms with van der Waals surface area (Å²) < 4.78 is 0. The molecule has 0 rings (SSSR count). The van der Waals surface area contributed by atoms with E-state index in [9.17, 15) is 0 Å². The van der Waals surface area contributed by atoms with Crippen molar-refractivity contribution >= 4 is 6.71 Å². The fourth-order valence-corrected chi connectivity index (χ4v) is 0.858. The van der Waals surface area contributed by atoms with Gasteiger partial charge in [0.2, 0.25) is 0 Å². The third-order valence-electron chi connectivity index (χ3n) is 1.65. The highest BCUT2D eigenvalue weighted by molar-refractivity contribution is 6.59. The van der Waals surface area contributed by atoms with Gasteiger partial charge in [0.25, 0.3) is 0 Å². The Kier molecular flexibility index (Phi) is 4.83. The highest BCUT2D eigenvalue weighted by Crippen LogP contribution is 2.03. The van der Waals surface area contributed by atoms with E-state index < -0.39 is 0 Å². The largest absolute Gasteiger partial charge is 0.143 e. The van der Waals surface area contributed by atoms with E-state index in [1.807, 2.05) is 6.08 Å². The quantitative estimate of drug-likeness (QED) is 0.385. The Morgan fingerprint density at radius 3 is 2.00 bits per heavy atom. The zero-order valence-electron chi connectivity index (χ0n) is 5.98. The number of rotatable bonds is 4. The first-order valence-corrected chi connectivity index (χ1v) is 3.46. The van der Waals surface area contributed by atoms with E-state index in [1.54, 1.807) is 0 Å². The summed E-state index contributed by atoms with van der Waals surface area (Å²) in [5, 5.41) is 0. The van der Waals surface area contributed by atoms with Gasteiger partial charge in [0.15, 0.2) is 0 Å². The first kappa shape index (κ1) is 7.80. The minimum Gasteiger partial charge on any atom is -0.104 e. The van der Waals surface area contributed by atoms with E-state index in [2.05, 4.69) is 20.4 Å². The molecule has 0 saturated carbocycles. The first-order valence-electron chi connectivity index (χ1n) is 3.46. The van der Waals surface area contributed by atoms with Gasteiger partial charge in [-0.1, -0.05) is 38.9 Å². The van der Waals surface area contributed by atoms with Gasteiger partial charge in [0.05, 0.1) is 0 Å². The first-order chi connectivity index (χ1) is 3.85. The molecule has 1 heteroatoms. The van der Waals surface area contributed by atoms with E-state index in [4.69, 9.17) is 0 Å². The zero-order chi connectivity index (χ0) is 6.41. The zero-order valence-corrected chi connectivity index (χ0v) is 5.98. The van der Waals surface area contributed by atoms with Gasteiger partial charge < -0.3 is 0 Å². The molecule has 0 amide bonds. The van der Waals surface area contributed by atoms with Crippen LogP contribution in [0.2, 0.25) is 19.0 Å². The molecule has 0 aromatic rings. The average Bonchev–Trinajstić information content (AvgIpc) is 1.83.